The summed E-state index contributed by atoms with van der Waals surface area (Å²) < 4.78 is 0. The van der Waals surface area contributed by atoms with Gasteiger partial charge in [0.1, 0.15) is 5.82 Å². The Morgan fingerprint density at radius 1 is 1.23 bits per heavy atom. The van der Waals surface area contributed by atoms with Crippen molar-refractivity contribution in [2.75, 3.05) is 31.1 Å². The molecule has 2 N–H and O–H groups in total. The molecule has 2 heterocycles. The second-order valence-electron chi connectivity index (χ2n) is 6.94. The standard InChI is InChI=1S/C20H35N5.HI/c1-5-17(6-2)15-22-20(21-7-3)24-18-11-13-25(14-12-18)19-10-8-9-16(4)23-19;/h8-10,17-18H,5-7,11-15H2,1-4H3,(H2,21,22,24);1H. The highest BCUT2D eigenvalue weighted by Crippen LogP contribution is 2.18. The molecule has 0 aliphatic carbocycles. The second kappa shape index (κ2) is 12.4. The summed E-state index contributed by atoms with van der Waals surface area (Å²) in [6.07, 6.45) is 4.62. The molecule has 5 nitrogen and oxygen atoms in total. The van der Waals surface area contributed by atoms with Crippen molar-refractivity contribution < 1.29 is 0 Å². The quantitative estimate of drug-likeness (QED) is 0.358. The molecule has 0 radical (unpaired) electrons. The molecule has 1 fully saturated rings. The van der Waals surface area contributed by atoms with Crippen LogP contribution in [-0.2, 0) is 0 Å². The minimum absolute atomic E-state index is 0. The van der Waals surface area contributed by atoms with Gasteiger partial charge in [0.2, 0.25) is 0 Å². The van der Waals surface area contributed by atoms with Crippen molar-refractivity contribution in [3.05, 3.63) is 23.9 Å². The zero-order chi connectivity index (χ0) is 18.1. The SMILES string of the molecule is CCNC(=NCC(CC)CC)NC1CCN(c2cccc(C)n2)CC1.I. The van der Waals surface area contributed by atoms with Crippen LogP contribution in [0.3, 0.4) is 0 Å². The smallest absolute Gasteiger partial charge is 0.191 e. The van der Waals surface area contributed by atoms with Crippen LogP contribution in [0.5, 0.6) is 0 Å². The van der Waals surface area contributed by atoms with E-state index < -0.39 is 0 Å². The molecule has 6 heteroatoms. The van der Waals surface area contributed by atoms with Gasteiger partial charge in [0.05, 0.1) is 0 Å². The molecule has 1 aliphatic heterocycles. The summed E-state index contributed by atoms with van der Waals surface area (Å²) in [6.45, 7) is 12.6. The number of rotatable bonds is 7. The molecule has 26 heavy (non-hydrogen) atoms. The molecule has 0 aromatic carbocycles. The Labute approximate surface area is 176 Å². The maximum Gasteiger partial charge on any atom is 0.191 e. The van der Waals surface area contributed by atoms with Crippen molar-refractivity contribution in [2.24, 2.45) is 10.9 Å². The Morgan fingerprint density at radius 3 is 2.50 bits per heavy atom. The van der Waals surface area contributed by atoms with E-state index in [0.717, 1.165) is 56.5 Å². The van der Waals surface area contributed by atoms with E-state index in [0.29, 0.717) is 12.0 Å². The van der Waals surface area contributed by atoms with Crippen LogP contribution in [0.1, 0.15) is 52.1 Å². The van der Waals surface area contributed by atoms with Gasteiger partial charge in [-0.2, -0.15) is 0 Å². The first-order chi connectivity index (χ1) is 12.2. The highest BCUT2D eigenvalue weighted by atomic mass is 127. The Bertz CT molecular complexity index is 537. The maximum atomic E-state index is 4.81. The predicted molar refractivity (Wildman–Crippen MR) is 123 cm³/mol. The lowest BCUT2D eigenvalue weighted by Gasteiger charge is -2.34. The molecule has 0 amide bonds. The maximum absolute atomic E-state index is 4.81. The molecule has 0 atom stereocenters. The third-order valence-corrected chi connectivity index (χ3v) is 5.04. The van der Waals surface area contributed by atoms with E-state index in [1.165, 1.54) is 12.8 Å². The van der Waals surface area contributed by atoms with E-state index in [9.17, 15) is 0 Å². The highest BCUT2D eigenvalue weighted by molar-refractivity contribution is 14.0. The molecule has 0 saturated carbocycles. The monoisotopic (exact) mass is 473 g/mol. The van der Waals surface area contributed by atoms with Crippen LogP contribution in [-0.4, -0.2) is 43.2 Å². The lowest BCUT2D eigenvalue weighted by atomic mass is 10.0. The fourth-order valence-corrected chi connectivity index (χ4v) is 3.24. The molecular formula is C20H36IN5. The Hall–Kier alpha value is -1.05. The Morgan fingerprint density at radius 2 is 1.92 bits per heavy atom. The van der Waals surface area contributed by atoms with Crippen LogP contribution in [0.2, 0.25) is 0 Å². The summed E-state index contributed by atoms with van der Waals surface area (Å²) in [5.41, 5.74) is 1.08. The predicted octanol–water partition coefficient (Wildman–Crippen LogP) is 3.97. The first kappa shape index (κ1) is 23.0. The molecule has 0 spiro atoms. The third kappa shape index (κ3) is 7.29. The number of nitrogens with one attached hydrogen (secondary N) is 2. The normalized spacial score (nSPS) is 15.7. The topological polar surface area (TPSA) is 52.6 Å². The molecule has 0 unspecified atom stereocenters. The number of aryl methyl sites for hydroxylation is 1. The Kier molecular flexibility index (Phi) is 10.9. The number of anilines is 1. The van der Waals surface area contributed by atoms with Gasteiger partial charge in [-0.25, -0.2) is 4.98 Å². The average molecular weight is 473 g/mol. The largest absolute Gasteiger partial charge is 0.357 e. The molecular weight excluding hydrogens is 437 g/mol. The zero-order valence-electron chi connectivity index (χ0n) is 16.8. The van der Waals surface area contributed by atoms with Crippen LogP contribution in [0.15, 0.2) is 23.2 Å². The number of hydrogen-bond donors (Lipinski definition) is 2. The molecule has 1 aliphatic rings. The van der Waals surface area contributed by atoms with E-state index in [2.05, 4.69) is 66.4 Å². The van der Waals surface area contributed by atoms with Crippen molar-refractivity contribution >= 4 is 35.8 Å². The van der Waals surface area contributed by atoms with Gasteiger partial charge in [0, 0.05) is 37.9 Å². The number of aliphatic imine (C=N–C) groups is 1. The van der Waals surface area contributed by atoms with Gasteiger partial charge in [-0.15, -0.1) is 24.0 Å². The van der Waals surface area contributed by atoms with E-state index in [1.807, 2.05) is 0 Å². The van der Waals surface area contributed by atoms with Crippen LogP contribution in [0.25, 0.3) is 0 Å². The van der Waals surface area contributed by atoms with Crippen LogP contribution in [0, 0.1) is 12.8 Å². The van der Waals surface area contributed by atoms with Gasteiger partial charge < -0.3 is 15.5 Å². The molecule has 1 saturated heterocycles. The summed E-state index contributed by atoms with van der Waals surface area (Å²) in [6, 6.07) is 6.75. The number of halogens is 1. The average Bonchev–Trinajstić information content (AvgIpc) is 2.63. The highest BCUT2D eigenvalue weighted by Gasteiger charge is 2.21. The van der Waals surface area contributed by atoms with Gasteiger partial charge in [-0.3, -0.25) is 4.99 Å². The van der Waals surface area contributed by atoms with Crippen molar-refractivity contribution in [3.8, 4) is 0 Å². The summed E-state index contributed by atoms with van der Waals surface area (Å²) in [4.78, 5) is 11.8. The summed E-state index contributed by atoms with van der Waals surface area (Å²) in [7, 11) is 0. The van der Waals surface area contributed by atoms with Crippen molar-refractivity contribution in [1.29, 1.82) is 0 Å². The van der Waals surface area contributed by atoms with E-state index >= 15 is 0 Å². The lowest BCUT2D eigenvalue weighted by Crippen LogP contribution is -2.49. The number of pyridine rings is 1. The molecule has 0 bridgehead atoms. The number of aromatic nitrogens is 1. The van der Waals surface area contributed by atoms with Gasteiger partial charge in [-0.05, 0) is 44.7 Å². The molecule has 148 valence electrons. The first-order valence-electron chi connectivity index (χ1n) is 9.89. The Balaban J connectivity index is 0.00000338. The summed E-state index contributed by atoms with van der Waals surface area (Å²) >= 11 is 0. The van der Waals surface area contributed by atoms with Gasteiger partial charge in [0.25, 0.3) is 0 Å². The van der Waals surface area contributed by atoms with Gasteiger partial charge in [-0.1, -0.05) is 32.8 Å². The number of guanidine groups is 1. The summed E-state index contributed by atoms with van der Waals surface area (Å²) in [5.74, 6) is 2.76. The van der Waals surface area contributed by atoms with Crippen LogP contribution >= 0.6 is 24.0 Å². The van der Waals surface area contributed by atoms with E-state index in [1.54, 1.807) is 0 Å². The zero-order valence-corrected chi connectivity index (χ0v) is 19.1. The minimum atomic E-state index is 0. The van der Waals surface area contributed by atoms with E-state index in [-0.39, 0.29) is 24.0 Å². The number of piperidine rings is 1. The fraction of sp³-hybridized carbons (Fsp3) is 0.700. The fourth-order valence-electron chi connectivity index (χ4n) is 3.24. The molecule has 1 aromatic rings. The number of nitrogens with zero attached hydrogens (tertiary/aromatic N) is 3. The lowest BCUT2D eigenvalue weighted by molar-refractivity contribution is 0.456. The molecule has 1 aromatic heterocycles. The van der Waals surface area contributed by atoms with Crippen molar-refractivity contribution in [1.82, 2.24) is 15.6 Å². The van der Waals surface area contributed by atoms with Gasteiger partial charge in [0.15, 0.2) is 5.96 Å². The van der Waals surface area contributed by atoms with Crippen LogP contribution in [0.4, 0.5) is 5.82 Å². The number of hydrogen-bond acceptors (Lipinski definition) is 3. The third-order valence-electron chi connectivity index (χ3n) is 5.04. The second-order valence-corrected chi connectivity index (χ2v) is 6.94. The minimum Gasteiger partial charge on any atom is -0.357 e. The summed E-state index contributed by atoms with van der Waals surface area (Å²) in [5, 5.41) is 7.03. The van der Waals surface area contributed by atoms with Gasteiger partial charge >= 0.3 is 0 Å². The van der Waals surface area contributed by atoms with Crippen molar-refractivity contribution in [2.45, 2.75) is 59.4 Å². The van der Waals surface area contributed by atoms with Crippen LogP contribution < -0.4 is 15.5 Å². The van der Waals surface area contributed by atoms with Crippen molar-refractivity contribution in [3.63, 3.8) is 0 Å². The molecule has 2 rings (SSSR count). The van der Waals surface area contributed by atoms with E-state index in [4.69, 9.17) is 4.99 Å². The first-order valence-corrected chi connectivity index (χ1v) is 9.89.